The third-order valence-electron chi connectivity index (χ3n) is 3.24. The lowest BCUT2D eigenvalue weighted by atomic mass is 10.1. The topological polar surface area (TPSA) is 64.3 Å². The number of amides is 1. The zero-order valence-corrected chi connectivity index (χ0v) is 13.4. The average Bonchev–Trinajstić information content (AvgIpc) is 2.45. The number of nitrogens with one attached hydrogen (secondary N) is 1. The summed E-state index contributed by atoms with van der Waals surface area (Å²) >= 11 is 0. The Balaban J connectivity index is 2.61. The van der Waals surface area contributed by atoms with Crippen molar-refractivity contribution in [2.45, 2.75) is 58.6 Å². The molecule has 21 heavy (non-hydrogen) atoms. The molecule has 1 unspecified atom stereocenters. The maximum absolute atomic E-state index is 12.2. The molecule has 0 fully saturated rings. The standard InChI is InChI=1S/C17H28N2O2/c1-4-5-9-15(12-18)19-17(20)11-14-8-6-7-10-16(14)21-13(2)3/h6-8,10,13,15H,4-5,9,11-12,18H2,1-3H3,(H,19,20). The monoisotopic (exact) mass is 292 g/mol. The molecule has 0 aliphatic carbocycles. The summed E-state index contributed by atoms with van der Waals surface area (Å²) in [6.07, 6.45) is 3.54. The van der Waals surface area contributed by atoms with E-state index in [0.29, 0.717) is 13.0 Å². The fraction of sp³-hybridized carbons (Fsp3) is 0.588. The van der Waals surface area contributed by atoms with E-state index in [4.69, 9.17) is 10.5 Å². The van der Waals surface area contributed by atoms with E-state index in [0.717, 1.165) is 30.6 Å². The molecule has 0 bridgehead atoms. The van der Waals surface area contributed by atoms with Crippen molar-refractivity contribution in [3.8, 4) is 5.75 Å². The number of ether oxygens (including phenoxy) is 1. The molecule has 0 aliphatic rings. The predicted molar refractivity (Wildman–Crippen MR) is 86.4 cm³/mol. The van der Waals surface area contributed by atoms with Crippen LogP contribution in [0.5, 0.6) is 5.75 Å². The Hall–Kier alpha value is -1.55. The van der Waals surface area contributed by atoms with Gasteiger partial charge in [0.15, 0.2) is 0 Å². The number of hydrogen-bond acceptors (Lipinski definition) is 3. The minimum absolute atomic E-state index is 0.00126. The van der Waals surface area contributed by atoms with Gasteiger partial charge in [-0.05, 0) is 26.3 Å². The highest BCUT2D eigenvalue weighted by atomic mass is 16.5. The number of nitrogens with two attached hydrogens (primary N) is 1. The van der Waals surface area contributed by atoms with Gasteiger partial charge in [0.2, 0.25) is 5.91 Å². The van der Waals surface area contributed by atoms with Gasteiger partial charge in [0, 0.05) is 18.2 Å². The number of rotatable bonds is 9. The first-order valence-corrected chi connectivity index (χ1v) is 7.80. The molecule has 4 heteroatoms. The highest BCUT2D eigenvalue weighted by Gasteiger charge is 2.13. The molecule has 118 valence electrons. The van der Waals surface area contributed by atoms with Crippen molar-refractivity contribution >= 4 is 5.91 Å². The van der Waals surface area contributed by atoms with Crippen LogP contribution in [0, 0.1) is 0 Å². The van der Waals surface area contributed by atoms with Crippen molar-refractivity contribution in [1.82, 2.24) is 5.32 Å². The van der Waals surface area contributed by atoms with Crippen LogP contribution >= 0.6 is 0 Å². The second-order valence-corrected chi connectivity index (χ2v) is 5.59. The summed E-state index contributed by atoms with van der Waals surface area (Å²) in [5.41, 5.74) is 6.62. The molecule has 0 spiro atoms. The van der Waals surface area contributed by atoms with Crippen molar-refractivity contribution in [2.24, 2.45) is 5.73 Å². The van der Waals surface area contributed by atoms with Crippen LogP contribution in [0.4, 0.5) is 0 Å². The summed E-state index contributed by atoms with van der Waals surface area (Å²) < 4.78 is 5.74. The third kappa shape index (κ3) is 6.63. The first-order chi connectivity index (χ1) is 10.1. The fourth-order valence-corrected chi connectivity index (χ4v) is 2.17. The maximum Gasteiger partial charge on any atom is 0.224 e. The van der Waals surface area contributed by atoms with Gasteiger partial charge in [-0.2, -0.15) is 0 Å². The van der Waals surface area contributed by atoms with E-state index >= 15 is 0 Å². The zero-order chi connectivity index (χ0) is 15.7. The summed E-state index contributed by atoms with van der Waals surface area (Å²) in [4.78, 5) is 12.2. The van der Waals surface area contributed by atoms with Crippen molar-refractivity contribution in [3.63, 3.8) is 0 Å². The second-order valence-electron chi connectivity index (χ2n) is 5.59. The Kier molecular flexibility index (Phi) is 7.83. The van der Waals surface area contributed by atoms with Crippen molar-refractivity contribution in [2.75, 3.05) is 6.54 Å². The molecule has 1 aromatic rings. The molecule has 1 aromatic carbocycles. The SMILES string of the molecule is CCCCC(CN)NC(=O)Cc1ccccc1OC(C)C. The van der Waals surface area contributed by atoms with Gasteiger partial charge in [-0.15, -0.1) is 0 Å². The van der Waals surface area contributed by atoms with Gasteiger partial charge < -0.3 is 15.8 Å². The summed E-state index contributed by atoms with van der Waals surface area (Å²) in [5, 5.41) is 3.01. The highest BCUT2D eigenvalue weighted by Crippen LogP contribution is 2.20. The summed E-state index contributed by atoms with van der Waals surface area (Å²) in [6.45, 7) is 6.57. The Bertz CT molecular complexity index is 433. The van der Waals surface area contributed by atoms with Crippen LogP contribution in [0.1, 0.15) is 45.6 Å². The normalized spacial score (nSPS) is 12.2. The summed E-state index contributed by atoms with van der Waals surface area (Å²) in [7, 11) is 0. The van der Waals surface area contributed by atoms with Gasteiger partial charge in [0.25, 0.3) is 0 Å². The lowest BCUT2D eigenvalue weighted by molar-refractivity contribution is -0.121. The van der Waals surface area contributed by atoms with Gasteiger partial charge in [0.1, 0.15) is 5.75 Å². The Morgan fingerprint density at radius 1 is 1.33 bits per heavy atom. The van der Waals surface area contributed by atoms with Gasteiger partial charge >= 0.3 is 0 Å². The van der Waals surface area contributed by atoms with E-state index in [9.17, 15) is 4.79 Å². The fourth-order valence-electron chi connectivity index (χ4n) is 2.17. The van der Waals surface area contributed by atoms with Crippen LogP contribution in [0.3, 0.4) is 0 Å². The minimum Gasteiger partial charge on any atom is -0.491 e. The maximum atomic E-state index is 12.2. The Labute approximate surface area is 128 Å². The van der Waals surface area contributed by atoms with E-state index < -0.39 is 0 Å². The molecule has 0 radical (unpaired) electrons. The Morgan fingerprint density at radius 3 is 2.67 bits per heavy atom. The van der Waals surface area contributed by atoms with Crippen LogP contribution in [-0.4, -0.2) is 24.6 Å². The zero-order valence-electron chi connectivity index (χ0n) is 13.4. The molecule has 1 amide bonds. The van der Waals surface area contributed by atoms with Gasteiger partial charge in [-0.1, -0.05) is 38.0 Å². The molecule has 0 saturated carbocycles. The molecule has 1 rings (SSSR count). The number of unbranched alkanes of at least 4 members (excludes halogenated alkanes) is 1. The minimum atomic E-state index is 0.00126. The van der Waals surface area contributed by atoms with E-state index in [1.807, 2.05) is 38.1 Å². The van der Waals surface area contributed by atoms with Crippen molar-refractivity contribution in [1.29, 1.82) is 0 Å². The lowest BCUT2D eigenvalue weighted by Gasteiger charge is -2.18. The lowest BCUT2D eigenvalue weighted by Crippen LogP contribution is -2.40. The Morgan fingerprint density at radius 2 is 2.05 bits per heavy atom. The predicted octanol–water partition coefficient (Wildman–Crippen LogP) is 2.65. The van der Waals surface area contributed by atoms with Crippen molar-refractivity contribution in [3.05, 3.63) is 29.8 Å². The highest BCUT2D eigenvalue weighted by molar-refractivity contribution is 5.79. The molecule has 1 atom stereocenters. The third-order valence-corrected chi connectivity index (χ3v) is 3.24. The van der Waals surface area contributed by atoms with E-state index in [-0.39, 0.29) is 18.1 Å². The number of carbonyl (C=O) groups excluding carboxylic acids is 1. The van der Waals surface area contributed by atoms with Crippen LogP contribution in [-0.2, 0) is 11.2 Å². The van der Waals surface area contributed by atoms with Crippen LogP contribution in [0.25, 0.3) is 0 Å². The molecule has 0 aliphatic heterocycles. The van der Waals surface area contributed by atoms with Crippen LogP contribution in [0.2, 0.25) is 0 Å². The largest absolute Gasteiger partial charge is 0.491 e. The summed E-state index contributed by atoms with van der Waals surface area (Å²) in [5.74, 6) is 0.780. The van der Waals surface area contributed by atoms with Gasteiger partial charge in [-0.3, -0.25) is 4.79 Å². The molecule has 3 N–H and O–H groups in total. The first kappa shape index (κ1) is 17.5. The molecular weight excluding hydrogens is 264 g/mol. The first-order valence-electron chi connectivity index (χ1n) is 7.80. The smallest absolute Gasteiger partial charge is 0.224 e. The van der Waals surface area contributed by atoms with Crippen LogP contribution in [0.15, 0.2) is 24.3 Å². The number of carbonyl (C=O) groups is 1. The quantitative estimate of drug-likeness (QED) is 0.735. The van der Waals surface area contributed by atoms with Crippen molar-refractivity contribution < 1.29 is 9.53 Å². The van der Waals surface area contributed by atoms with Gasteiger partial charge in [0.05, 0.1) is 12.5 Å². The molecule has 0 aromatic heterocycles. The molecule has 0 heterocycles. The van der Waals surface area contributed by atoms with Crippen LogP contribution < -0.4 is 15.8 Å². The molecule has 4 nitrogen and oxygen atoms in total. The molecule has 0 saturated heterocycles. The number of para-hydroxylation sites is 1. The number of hydrogen-bond donors (Lipinski definition) is 2. The molecular formula is C17H28N2O2. The average molecular weight is 292 g/mol. The van der Waals surface area contributed by atoms with Gasteiger partial charge in [-0.25, -0.2) is 0 Å². The number of benzene rings is 1. The van der Waals surface area contributed by atoms with E-state index in [1.165, 1.54) is 0 Å². The van der Waals surface area contributed by atoms with E-state index in [1.54, 1.807) is 0 Å². The second kappa shape index (κ2) is 9.40. The van der Waals surface area contributed by atoms with E-state index in [2.05, 4.69) is 12.2 Å². The summed E-state index contributed by atoms with van der Waals surface area (Å²) in [6, 6.07) is 7.74.